The van der Waals surface area contributed by atoms with Crippen molar-refractivity contribution in [2.45, 2.75) is 59.2 Å². The minimum absolute atomic E-state index is 0. The summed E-state index contributed by atoms with van der Waals surface area (Å²) >= 11 is 6.26. The van der Waals surface area contributed by atoms with Crippen molar-refractivity contribution in [1.82, 2.24) is 9.88 Å². The number of rotatable bonds is 9. The van der Waals surface area contributed by atoms with Crippen molar-refractivity contribution in [2.24, 2.45) is 5.92 Å². The molecule has 0 atom stereocenters. The molecule has 9 heteroatoms. The second-order valence-electron chi connectivity index (χ2n) is 11.2. The Morgan fingerprint density at radius 2 is 1.81 bits per heavy atom. The summed E-state index contributed by atoms with van der Waals surface area (Å²) in [6.07, 6.45) is -1.16. The predicted octanol–water partition coefficient (Wildman–Crippen LogP) is 9.43. The Kier molecular flexibility index (Phi) is 10.5. The number of hydrogen-bond acceptors (Lipinski definition) is 3. The first kappa shape index (κ1) is 32.4. The van der Waals surface area contributed by atoms with Crippen LogP contribution in [0.5, 0.6) is 5.75 Å². The second-order valence-corrected chi connectivity index (χ2v) is 11.7. The molecule has 0 unspecified atom stereocenters. The molecular formula is C34H39ClF3N3O2. The largest absolute Gasteiger partial charge is 0.573 e. The molecule has 0 bridgehead atoms. The summed E-state index contributed by atoms with van der Waals surface area (Å²) in [5, 5.41) is 4.30. The second kappa shape index (κ2) is 13.9. The lowest BCUT2D eigenvalue weighted by molar-refractivity contribution is -0.274. The van der Waals surface area contributed by atoms with Crippen LogP contribution in [-0.4, -0.2) is 41.8 Å². The van der Waals surface area contributed by atoms with Gasteiger partial charge in [-0.3, -0.25) is 4.79 Å². The molecule has 1 aliphatic rings. The Bertz CT molecular complexity index is 1540. The van der Waals surface area contributed by atoms with Crippen LogP contribution in [0.2, 0.25) is 5.02 Å². The number of ether oxygens (including phenoxy) is 1. The lowest BCUT2D eigenvalue weighted by Gasteiger charge is -2.32. The predicted molar refractivity (Wildman–Crippen MR) is 169 cm³/mol. The molecule has 0 radical (unpaired) electrons. The molecule has 1 amide bonds. The minimum atomic E-state index is -4.75. The van der Waals surface area contributed by atoms with Crippen molar-refractivity contribution in [1.29, 1.82) is 0 Å². The quantitative estimate of drug-likeness (QED) is 0.198. The van der Waals surface area contributed by atoms with E-state index in [0.717, 1.165) is 72.3 Å². The van der Waals surface area contributed by atoms with Gasteiger partial charge in [-0.2, -0.15) is 0 Å². The van der Waals surface area contributed by atoms with E-state index in [1.807, 2.05) is 44.2 Å². The van der Waals surface area contributed by atoms with Gasteiger partial charge in [-0.15, -0.1) is 13.2 Å². The first-order valence-corrected chi connectivity index (χ1v) is 14.7. The first-order valence-electron chi connectivity index (χ1n) is 14.3. The summed E-state index contributed by atoms with van der Waals surface area (Å²) in [7, 11) is 0. The smallest absolute Gasteiger partial charge is 0.406 e. The molecular weight excluding hydrogens is 575 g/mol. The maximum atomic E-state index is 12.9. The van der Waals surface area contributed by atoms with Crippen molar-refractivity contribution in [2.75, 3.05) is 25.0 Å². The normalized spacial score (nSPS) is 14.6. The lowest BCUT2D eigenvalue weighted by atomic mass is 9.89. The summed E-state index contributed by atoms with van der Waals surface area (Å²) in [5.74, 6) is 0.146. The Hall–Kier alpha value is -3.49. The van der Waals surface area contributed by atoms with Crippen LogP contribution in [0.1, 0.15) is 57.6 Å². The van der Waals surface area contributed by atoms with Gasteiger partial charge in [0.05, 0.1) is 0 Å². The third-order valence-electron chi connectivity index (χ3n) is 7.86. The van der Waals surface area contributed by atoms with E-state index in [4.69, 9.17) is 11.6 Å². The zero-order valence-electron chi connectivity index (χ0n) is 23.7. The number of aromatic amines is 1. The van der Waals surface area contributed by atoms with Crippen molar-refractivity contribution in [3.05, 3.63) is 82.9 Å². The zero-order valence-corrected chi connectivity index (χ0v) is 24.5. The summed E-state index contributed by atoms with van der Waals surface area (Å²) in [5.41, 5.74) is 5.54. The minimum Gasteiger partial charge on any atom is -0.406 e. The van der Waals surface area contributed by atoms with Gasteiger partial charge in [0.2, 0.25) is 5.91 Å². The van der Waals surface area contributed by atoms with Crippen molar-refractivity contribution in [3.8, 4) is 17.0 Å². The monoisotopic (exact) mass is 613 g/mol. The van der Waals surface area contributed by atoms with Crippen LogP contribution in [0.25, 0.3) is 22.2 Å². The Balaban J connectivity index is 0.00000423. The molecule has 0 spiro atoms. The highest BCUT2D eigenvalue weighted by molar-refractivity contribution is 6.30. The number of piperidine rings is 1. The van der Waals surface area contributed by atoms with Gasteiger partial charge in [0.25, 0.3) is 0 Å². The van der Waals surface area contributed by atoms with Gasteiger partial charge >= 0.3 is 6.36 Å². The number of nitrogens with zero attached hydrogens (tertiary/aromatic N) is 1. The molecule has 5 nitrogen and oxygen atoms in total. The number of fused-ring (bicyclic) bond motifs is 1. The maximum Gasteiger partial charge on any atom is 0.573 e. The number of amides is 1. The number of aryl methyl sites for hydroxylation is 1. The number of H-pyrrole nitrogens is 1. The van der Waals surface area contributed by atoms with Gasteiger partial charge in [-0.1, -0.05) is 57.1 Å². The Labute approximate surface area is 256 Å². The molecule has 5 rings (SSSR count). The highest BCUT2D eigenvalue weighted by Crippen LogP contribution is 2.36. The summed E-state index contributed by atoms with van der Waals surface area (Å²) in [4.78, 5) is 18.0. The van der Waals surface area contributed by atoms with Crippen molar-refractivity contribution >= 4 is 34.1 Å². The molecule has 1 aromatic heterocycles. The van der Waals surface area contributed by atoms with Crippen molar-refractivity contribution in [3.63, 3.8) is 0 Å². The fourth-order valence-corrected chi connectivity index (χ4v) is 5.89. The molecule has 43 heavy (non-hydrogen) atoms. The average molecular weight is 614 g/mol. The van der Waals surface area contributed by atoms with Crippen LogP contribution in [0.4, 0.5) is 18.9 Å². The average Bonchev–Trinajstić information content (AvgIpc) is 3.30. The topological polar surface area (TPSA) is 57.4 Å². The van der Waals surface area contributed by atoms with E-state index in [0.29, 0.717) is 17.4 Å². The van der Waals surface area contributed by atoms with Crippen LogP contribution in [-0.2, 0) is 11.2 Å². The number of aromatic nitrogens is 1. The van der Waals surface area contributed by atoms with E-state index < -0.39 is 6.36 Å². The van der Waals surface area contributed by atoms with Crippen LogP contribution in [0.15, 0.2) is 66.7 Å². The fraction of sp³-hybridized carbons (Fsp3) is 0.382. The van der Waals surface area contributed by atoms with Gasteiger partial charge in [0.15, 0.2) is 0 Å². The highest BCUT2D eigenvalue weighted by atomic mass is 35.5. The van der Waals surface area contributed by atoms with Gasteiger partial charge in [-0.05, 0) is 110 Å². The van der Waals surface area contributed by atoms with Gasteiger partial charge in [-0.25, -0.2) is 0 Å². The Morgan fingerprint density at radius 1 is 1.07 bits per heavy atom. The number of nitrogens with one attached hydrogen (secondary N) is 2. The van der Waals surface area contributed by atoms with E-state index in [2.05, 4.69) is 32.1 Å². The van der Waals surface area contributed by atoms with Crippen LogP contribution >= 0.6 is 11.6 Å². The lowest BCUT2D eigenvalue weighted by Crippen LogP contribution is -2.33. The van der Waals surface area contributed by atoms with Gasteiger partial charge < -0.3 is 19.9 Å². The molecule has 4 aromatic rings. The van der Waals surface area contributed by atoms with Crippen LogP contribution < -0.4 is 10.1 Å². The van der Waals surface area contributed by atoms with E-state index in [1.54, 1.807) is 12.1 Å². The van der Waals surface area contributed by atoms with Crippen molar-refractivity contribution < 1.29 is 22.7 Å². The summed E-state index contributed by atoms with van der Waals surface area (Å²) < 4.78 is 43.0. The number of anilines is 1. The number of carbonyl (C=O) groups excluding carboxylic acids is 1. The number of halogens is 4. The number of benzene rings is 3. The van der Waals surface area contributed by atoms with Gasteiger partial charge in [0, 0.05) is 33.2 Å². The van der Waals surface area contributed by atoms with Gasteiger partial charge in [0.1, 0.15) is 5.75 Å². The molecule has 2 heterocycles. The third-order valence-corrected chi connectivity index (χ3v) is 8.10. The third kappa shape index (κ3) is 8.33. The Morgan fingerprint density at radius 3 is 2.51 bits per heavy atom. The number of carbonyl (C=O) groups is 1. The molecule has 3 aromatic carbocycles. The molecule has 2 N–H and O–H groups in total. The SMILES string of the molecule is C.CC(C)C(=O)Nc1cccc(C2CCN(CCCc3c(-c4cccc(Cl)c4)[nH]c4ccc(OC(F)(F)F)cc34)CC2)c1. The molecule has 0 aliphatic carbocycles. The summed E-state index contributed by atoms with van der Waals surface area (Å²) in [6, 6.07) is 20.0. The number of alkyl halides is 3. The molecule has 230 valence electrons. The van der Waals surface area contributed by atoms with E-state index in [9.17, 15) is 18.0 Å². The maximum absolute atomic E-state index is 12.9. The molecule has 1 aliphatic heterocycles. The van der Waals surface area contributed by atoms with E-state index in [-0.39, 0.29) is 25.0 Å². The number of hydrogen-bond donors (Lipinski definition) is 2. The molecule has 1 saturated heterocycles. The van der Waals surface area contributed by atoms with E-state index >= 15 is 0 Å². The standard InChI is InChI=1S/C33H35ClF3N3O2.CH4/c1-21(2)32(41)38-26-9-4-6-23(19-26)22-13-16-40(17-14-22)15-5-10-28-29-20-27(42-33(35,36)37)11-12-30(29)39-31(28)24-7-3-8-25(34)18-24;/h3-4,6-9,11-12,18-22,39H,5,10,13-17H2,1-2H3,(H,38,41);1H4. The van der Waals surface area contributed by atoms with Crippen LogP contribution in [0, 0.1) is 5.92 Å². The van der Waals surface area contributed by atoms with E-state index in [1.165, 1.54) is 17.7 Å². The fourth-order valence-electron chi connectivity index (χ4n) is 5.70. The molecule has 1 fully saturated rings. The molecule has 0 saturated carbocycles. The van der Waals surface area contributed by atoms with Crippen LogP contribution in [0.3, 0.4) is 0 Å². The zero-order chi connectivity index (χ0) is 29.9. The first-order chi connectivity index (χ1) is 20.1. The summed E-state index contributed by atoms with van der Waals surface area (Å²) in [6.45, 7) is 6.57. The number of likely N-dealkylation sites (tertiary alicyclic amines) is 1. The highest BCUT2D eigenvalue weighted by Gasteiger charge is 2.31.